The van der Waals surface area contributed by atoms with Gasteiger partial charge in [-0.2, -0.15) is 5.10 Å². The standard InChI is InChI=1S/C11H15N5/c1-7-3-4-9(5-8(7)2)10(15-12)11-13-6-14-16-11/h3-6,10,15H,12H2,1-2H3,(H,13,14,16). The molecule has 84 valence electrons. The highest BCUT2D eigenvalue weighted by Crippen LogP contribution is 2.20. The van der Waals surface area contributed by atoms with Gasteiger partial charge in [0.15, 0.2) is 0 Å². The minimum absolute atomic E-state index is 0.151. The number of nitrogens with zero attached hydrogens (tertiary/aromatic N) is 2. The Kier molecular flexibility index (Phi) is 2.98. The Morgan fingerprint density at radius 2 is 2.12 bits per heavy atom. The van der Waals surface area contributed by atoms with Crippen LogP contribution in [0.1, 0.15) is 28.6 Å². The Morgan fingerprint density at radius 1 is 1.31 bits per heavy atom. The van der Waals surface area contributed by atoms with Crippen LogP contribution in [0.5, 0.6) is 0 Å². The molecule has 5 heteroatoms. The van der Waals surface area contributed by atoms with Crippen molar-refractivity contribution in [3.8, 4) is 0 Å². The molecule has 4 N–H and O–H groups in total. The van der Waals surface area contributed by atoms with E-state index in [1.807, 2.05) is 6.07 Å². The molecule has 0 bridgehead atoms. The number of hydrogen-bond donors (Lipinski definition) is 3. The van der Waals surface area contributed by atoms with E-state index in [2.05, 4.69) is 46.6 Å². The largest absolute Gasteiger partial charge is 0.270 e. The van der Waals surface area contributed by atoms with Crippen molar-refractivity contribution in [3.05, 3.63) is 47.0 Å². The fraction of sp³-hybridized carbons (Fsp3) is 0.273. The van der Waals surface area contributed by atoms with Crippen molar-refractivity contribution >= 4 is 0 Å². The third-order valence-corrected chi connectivity index (χ3v) is 2.74. The average Bonchev–Trinajstić information content (AvgIpc) is 2.78. The SMILES string of the molecule is Cc1ccc(C(NN)c2ncn[nH]2)cc1C. The summed E-state index contributed by atoms with van der Waals surface area (Å²) in [7, 11) is 0. The second-order valence-corrected chi connectivity index (χ2v) is 3.81. The molecule has 5 nitrogen and oxygen atoms in total. The summed E-state index contributed by atoms with van der Waals surface area (Å²) >= 11 is 0. The number of aromatic amines is 1. The molecule has 1 aromatic carbocycles. The van der Waals surface area contributed by atoms with Gasteiger partial charge in [0.2, 0.25) is 0 Å². The molecule has 0 saturated heterocycles. The first kappa shape index (κ1) is 10.8. The van der Waals surface area contributed by atoms with Crippen LogP contribution in [0.15, 0.2) is 24.5 Å². The maximum atomic E-state index is 5.55. The zero-order chi connectivity index (χ0) is 11.5. The summed E-state index contributed by atoms with van der Waals surface area (Å²) in [6.45, 7) is 4.16. The quantitative estimate of drug-likeness (QED) is 0.529. The molecule has 16 heavy (non-hydrogen) atoms. The summed E-state index contributed by atoms with van der Waals surface area (Å²) in [5, 5.41) is 6.64. The van der Waals surface area contributed by atoms with Gasteiger partial charge in [-0.25, -0.2) is 10.4 Å². The molecule has 1 unspecified atom stereocenters. The first-order valence-corrected chi connectivity index (χ1v) is 5.11. The molecular weight excluding hydrogens is 202 g/mol. The molecule has 2 aromatic rings. The normalized spacial score (nSPS) is 12.7. The molecule has 2 rings (SSSR count). The number of nitrogens with one attached hydrogen (secondary N) is 2. The topological polar surface area (TPSA) is 79.6 Å². The van der Waals surface area contributed by atoms with Gasteiger partial charge in [-0.3, -0.25) is 10.9 Å². The number of hydrogen-bond acceptors (Lipinski definition) is 4. The molecule has 0 saturated carbocycles. The maximum absolute atomic E-state index is 5.55. The van der Waals surface area contributed by atoms with Crippen molar-refractivity contribution in [2.45, 2.75) is 19.9 Å². The number of H-pyrrole nitrogens is 1. The van der Waals surface area contributed by atoms with Crippen molar-refractivity contribution in [1.29, 1.82) is 0 Å². The van der Waals surface area contributed by atoms with Gasteiger partial charge in [-0.05, 0) is 30.5 Å². The summed E-state index contributed by atoms with van der Waals surface area (Å²) < 4.78 is 0. The van der Waals surface area contributed by atoms with E-state index in [0.29, 0.717) is 5.82 Å². The van der Waals surface area contributed by atoms with Crippen molar-refractivity contribution in [3.63, 3.8) is 0 Å². The summed E-state index contributed by atoms with van der Waals surface area (Å²) in [6.07, 6.45) is 1.47. The van der Waals surface area contributed by atoms with Gasteiger partial charge in [0, 0.05) is 0 Å². The highest BCUT2D eigenvalue weighted by atomic mass is 15.3. The second-order valence-electron chi connectivity index (χ2n) is 3.81. The molecule has 1 atom stereocenters. The van der Waals surface area contributed by atoms with E-state index in [0.717, 1.165) is 5.56 Å². The number of aromatic nitrogens is 3. The van der Waals surface area contributed by atoms with Gasteiger partial charge in [0.1, 0.15) is 18.2 Å². The smallest absolute Gasteiger partial charge is 0.147 e. The monoisotopic (exact) mass is 217 g/mol. The summed E-state index contributed by atoms with van der Waals surface area (Å²) in [4.78, 5) is 4.11. The third-order valence-electron chi connectivity index (χ3n) is 2.74. The molecule has 0 fully saturated rings. The molecule has 0 radical (unpaired) electrons. The molecular formula is C11H15N5. The van der Waals surface area contributed by atoms with E-state index in [9.17, 15) is 0 Å². The van der Waals surface area contributed by atoms with E-state index in [1.54, 1.807) is 0 Å². The lowest BCUT2D eigenvalue weighted by atomic mass is 10.0. The predicted octanol–water partition coefficient (Wildman–Crippen LogP) is 0.974. The van der Waals surface area contributed by atoms with E-state index in [4.69, 9.17) is 5.84 Å². The lowest BCUT2D eigenvalue weighted by molar-refractivity contribution is 0.603. The van der Waals surface area contributed by atoms with Gasteiger partial charge < -0.3 is 0 Å². The molecule has 0 amide bonds. The summed E-state index contributed by atoms with van der Waals surface area (Å²) in [5.41, 5.74) is 6.30. The minimum Gasteiger partial charge on any atom is -0.270 e. The van der Waals surface area contributed by atoms with E-state index in [1.165, 1.54) is 17.5 Å². The summed E-state index contributed by atoms with van der Waals surface area (Å²) in [5.74, 6) is 6.26. The lowest BCUT2D eigenvalue weighted by Gasteiger charge is -2.14. The predicted molar refractivity (Wildman–Crippen MR) is 61.5 cm³/mol. The van der Waals surface area contributed by atoms with Crippen LogP contribution < -0.4 is 11.3 Å². The molecule has 0 aliphatic rings. The Bertz CT molecular complexity index is 463. The highest BCUT2D eigenvalue weighted by Gasteiger charge is 2.15. The van der Waals surface area contributed by atoms with Gasteiger partial charge in [0.25, 0.3) is 0 Å². The van der Waals surface area contributed by atoms with Gasteiger partial charge >= 0.3 is 0 Å². The van der Waals surface area contributed by atoms with Crippen LogP contribution in [0.4, 0.5) is 0 Å². The first-order chi connectivity index (χ1) is 7.72. The fourth-order valence-corrected chi connectivity index (χ4v) is 1.63. The van der Waals surface area contributed by atoms with Gasteiger partial charge in [-0.15, -0.1) is 0 Å². The first-order valence-electron chi connectivity index (χ1n) is 5.11. The van der Waals surface area contributed by atoms with Gasteiger partial charge in [-0.1, -0.05) is 18.2 Å². The van der Waals surface area contributed by atoms with E-state index < -0.39 is 0 Å². The molecule has 1 aromatic heterocycles. The van der Waals surface area contributed by atoms with Crippen molar-refractivity contribution in [2.75, 3.05) is 0 Å². The summed E-state index contributed by atoms with van der Waals surface area (Å²) in [6, 6.07) is 6.06. The van der Waals surface area contributed by atoms with Crippen LogP contribution in [0.3, 0.4) is 0 Å². The molecule has 0 aliphatic carbocycles. The third kappa shape index (κ3) is 1.95. The number of aryl methyl sites for hydroxylation is 2. The van der Waals surface area contributed by atoms with Crippen molar-refractivity contribution in [1.82, 2.24) is 20.6 Å². The number of nitrogens with two attached hydrogens (primary N) is 1. The number of benzene rings is 1. The zero-order valence-electron chi connectivity index (χ0n) is 9.36. The number of hydrazine groups is 1. The lowest BCUT2D eigenvalue weighted by Crippen LogP contribution is -2.29. The Hall–Kier alpha value is -1.72. The minimum atomic E-state index is -0.151. The van der Waals surface area contributed by atoms with Crippen LogP contribution in [-0.4, -0.2) is 15.2 Å². The molecule has 0 aliphatic heterocycles. The Balaban J connectivity index is 2.37. The van der Waals surface area contributed by atoms with E-state index in [-0.39, 0.29) is 6.04 Å². The molecule has 0 spiro atoms. The zero-order valence-corrected chi connectivity index (χ0v) is 9.36. The average molecular weight is 217 g/mol. The Morgan fingerprint density at radius 3 is 2.69 bits per heavy atom. The second kappa shape index (κ2) is 4.42. The molecule has 1 heterocycles. The van der Waals surface area contributed by atoms with Crippen LogP contribution >= 0.6 is 0 Å². The van der Waals surface area contributed by atoms with E-state index >= 15 is 0 Å². The van der Waals surface area contributed by atoms with Crippen LogP contribution in [0.25, 0.3) is 0 Å². The highest BCUT2D eigenvalue weighted by molar-refractivity contribution is 5.33. The van der Waals surface area contributed by atoms with Crippen LogP contribution in [-0.2, 0) is 0 Å². The van der Waals surface area contributed by atoms with Crippen molar-refractivity contribution in [2.24, 2.45) is 5.84 Å². The van der Waals surface area contributed by atoms with Crippen LogP contribution in [0.2, 0.25) is 0 Å². The van der Waals surface area contributed by atoms with Gasteiger partial charge in [0.05, 0.1) is 0 Å². The Labute approximate surface area is 94.1 Å². The number of rotatable bonds is 3. The van der Waals surface area contributed by atoms with Crippen molar-refractivity contribution < 1.29 is 0 Å². The fourth-order valence-electron chi connectivity index (χ4n) is 1.63. The maximum Gasteiger partial charge on any atom is 0.147 e. The van der Waals surface area contributed by atoms with Crippen LogP contribution in [0, 0.1) is 13.8 Å².